The number of esters is 1. The van der Waals surface area contributed by atoms with Crippen molar-refractivity contribution < 1.29 is 19.0 Å². The molecule has 1 aromatic rings. The summed E-state index contributed by atoms with van der Waals surface area (Å²) in [6.07, 6.45) is 10.3. The molecule has 2 rings (SSSR count). The van der Waals surface area contributed by atoms with Crippen molar-refractivity contribution in [2.75, 3.05) is 27.5 Å². The maximum Gasteiger partial charge on any atom is 0.346 e. The number of carbonyl (C=O) groups excluding carboxylic acids is 1. The predicted molar refractivity (Wildman–Crippen MR) is 115 cm³/mol. The number of benzene rings is 1. The highest BCUT2D eigenvalue weighted by atomic mass is 35.5. The number of nitrogens with zero attached hydrogens (tertiary/aromatic N) is 2. The molecule has 0 N–H and O–H groups in total. The lowest BCUT2D eigenvalue weighted by molar-refractivity contribution is -0.0974. The van der Waals surface area contributed by atoms with Gasteiger partial charge in [0.25, 0.3) is 6.35 Å². The number of hydrogen-bond acceptors (Lipinski definition) is 6. The Labute approximate surface area is 183 Å². The van der Waals surface area contributed by atoms with E-state index in [1.54, 1.807) is 21.9 Å². The molecule has 0 radical (unpaired) electrons. The minimum Gasteiger partial charge on any atom is -0.494 e. The lowest BCUT2D eigenvalue weighted by Gasteiger charge is -2.29. The van der Waals surface area contributed by atoms with E-state index in [0.29, 0.717) is 18.4 Å². The molecule has 0 saturated heterocycles. The largest absolute Gasteiger partial charge is 0.494 e. The molecule has 0 bridgehead atoms. The fraction of sp³-hybridized carbons (Fsp3) is 0.571. The smallest absolute Gasteiger partial charge is 0.346 e. The van der Waals surface area contributed by atoms with E-state index in [1.807, 2.05) is 19.4 Å². The van der Waals surface area contributed by atoms with Gasteiger partial charge >= 0.3 is 5.97 Å². The Morgan fingerprint density at radius 1 is 1.07 bits per heavy atom. The molecule has 0 saturated carbocycles. The van der Waals surface area contributed by atoms with E-state index in [-0.39, 0.29) is 16.3 Å². The highest BCUT2D eigenvalue weighted by Crippen LogP contribution is 2.35. The van der Waals surface area contributed by atoms with Gasteiger partial charge in [0.15, 0.2) is 5.75 Å². The van der Waals surface area contributed by atoms with Crippen LogP contribution in [0.15, 0.2) is 24.5 Å². The second-order valence-corrected chi connectivity index (χ2v) is 7.77. The molecule has 1 heterocycles. The lowest BCUT2D eigenvalue weighted by Crippen LogP contribution is -2.41. The second kappa shape index (κ2) is 12.2. The summed E-state index contributed by atoms with van der Waals surface area (Å²) < 4.78 is 16.7. The summed E-state index contributed by atoms with van der Waals surface area (Å²) in [5.41, 5.74) is 0.106. The van der Waals surface area contributed by atoms with Crippen LogP contribution in [-0.4, -0.2) is 49.6 Å². The number of carbonyl (C=O) groups is 1. The third kappa shape index (κ3) is 6.69. The van der Waals surface area contributed by atoms with Crippen molar-refractivity contribution in [1.29, 1.82) is 0 Å². The molecular formula is C21H30Cl2N2O4. The molecule has 0 amide bonds. The summed E-state index contributed by atoms with van der Waals surface area (Å²) in [4.78, 5) is 16.4. The Bertz CT molecular complexity index is 700. The van der Waals surface area contributed by atoms with Crippen molar-refractivity contribution in [2.24, 2.45) is 0 Å². The first-order valence-corrected chi connectivity index (χ1v) is 10.7. The normalized spacial score (nSPS) is 15.8. The first-order chi connectivity index (χ1) is 14.0. The standard InChI is InChI=1S/C21H30Cl2N2O4/c1-4-5-6-7-8-9-14-28-15-25-13-12-24(2)21(25)29-20(26)18-16(22)10-11-17(23)19(18)27-3/h10-13,21H,4-9,14-15H2,1-3H3. The van der Waals surface area contributed by atoms with Crippen LogP contribution in [0.4, 0.5) is 0 Å². The summed E-state index contributed by atoms with van der Waals surface area (Å²) in [5.74, 6) is -0.417. The Balaban J connectivity index is 1.88. The van der Waals surface area contributed by atoms with Crippen LogP contribution in [-0.2, 0) is 9.47 Å². The zero-order chi connectivity index (χ0) is 21.2. The van der Waals surface area contributed by atoms with Crippen LogP contribution in [0.5, 0.6) is 5.75 Å². The van der Waals surface area contributed by atoms with Crippen LogP contribution in [0.25, 0.3) is 0 Å². The third-order valence-electron chi connectivity index (χ3n) is 4.69. The average molecular weight is 445 g/mol. The van der Waals surface area contributed by atoms with Crippen LogP contribution in [0.2, 0.25) is 10.0 Å². The summed E-state index contributed by atoms with van der Waals surface area (Å²) in [6.45, 7) is 3.21. The van der Waals surface area contributed by atoms with E-state index in [2.05, 4.69) is 6.92 Å². The van der Waals surface area contributed by atoms with Gasteiger partial charge in [-0.05, 0) is 18.6 Å². The van der Waals surface area contributed by atoms with Gasteiger partial charge < -0.3 is 24.0 Å². The monoisotopic (exact) mass is 444 g/mol. The van der Waals surface area contributed by atoms with E-state index >= 15 is 0 Å². The maximum absolute atomic E-state index is 12.8. The van der Waals surface area contributed by atoms with Crippen molar-refractivity contribution in [1.82, 2.24) is 9.80 Å². The molecule has 162 valence electrons. The molecule has 1 aromatic carbocycles. The van der Waals surface area contributed by atoms with Crippen molar-refractivity contribution in [3.8, 4) is 5.75 Å². The van der Waals surface area contributed by atoms with Crippen LogP contribution < -0.4 is 4.74 Å². The van der Waals surface area contributed by atoms with Gasteiger partial charge in [-0.2, -0.15) is 0 Å². The molecule has 29 heavy (non-hydrogen) atoms. The number of ether oxygens (including phenoxy) is 3. The summed E-state index contributed by atoms with van der Waals surface area (Å²) >= 11 is 12.3. The Kier molecular flexibility index (Phi) is 9.91. The number of unbranched alkanes of at least 4 members (excludes halogenated alkanes) is 5. The van der Waals surface area contributed by atoms with E-state index in [9.17, 15) is 4.79 Å². The second-order valence-electron chi connectivity index (χ2n) is 6.95. The fourth-order valence-corrected chi connectivity index (χ4v) is 3.52. The minimum absolute atomic E-state index is 0.106. The maximum atomic E-state index is 12.8. The highest BCUT2D eigenvalue weighted by molar-refractivity contribution is 6.37. The first-order valence-electron chi connectivity index (χ1n) is 9.96. The van der Waals surface area contributed by atoms with Gasteiger partial charge in [-0.1, -0.05) is 62.2 Å². The van der Waals surface area contributed by atoms with Crippen LogP contribution >= 0.6 is 23.2 Å². The molecule has 6 nitrogen and oxygen atoms in total. The van der Waals surface area contributed by atoms with E-state index in [4.69, 9.17) is 37.4 Å². The lowest BCUT2D eigenvalue weighted by atomic mass is 10.1. The number of rotatable bonds is 12. The zero-order valence-electron chi connectivity index (χ0n) is 17.3. The molecule has 1 aliphatic rings. The van der Waals surface area contributed by atoms with E-state index in [0.717, 1.165) is 6.42 Å². The van der Waals surface area contributed by atoms with Crippen molar-refractivity contribution >= 4 is 29.2 Å². The summed E-state index contributed by atoms with van der Waals surface area (Å²) in [7, 11) is 3.25. The summed E-state index contributed by atoms with van der Waals surface area (Å²) in [6, 6.07) is 3.12. The van der Waals surface area contributed by atoms with Gasteiger partial charge in [-0.25, -0.2) is 4.79 Å². The SMILES string of the molecule is CCCCCCCCOCN1C=CN(C)C1OC(=O)c1c(Cl)ccc(Cl)c1OC. The van der Waals surface area contributed by atoms with Gasteiger partial charge in [0, 0.05) is 26.1 Å². The van der Waals surface area contributed by atoms with Crippen molar-refractivity contribution in [2.45, 2.75) is 51.8 Å². The van der Waals surface area contributed by atoms with E-state index < -0.39 is 12.3 Å². The van der Waals surface area contributed by atoms with Gasteiger partial charge in [0.2, 0.25) is 0 Å². The molecule has 1 aliphatic heterocycles. The predicted octanol–water partition coefficient (Wildman–Crippen LogP) is 5.50. The number of methoxy groups -OCH3 is 1. The first kappa shape index (κ1) is 23.6. The number of halogens is 2. The topological polar surface area (TPSA) is 51.2 Å². The molecule has 0 aliphatic carbocycles. The average Bonchev–Trinajstić information content (AvgIpc) is 3.04. The van der Waals surface area contributed by atoms with Gasteiger partial charge in [-0.15, -0.1) is 0 Å². The highest BCUT2D eigenvalue weighted by Gasteiger charge is 2.30. The Morgan fingerprint density at radius 2 is 1.76 bits per heavy atom. The van der Waals surface area contributed by atoms with Crippen LogP contribution in [0.1, 0.15) is 55.8 Å². The molecule has 8 heteroatoms. The van der Waals surface area contributed by atoms with Gasteiger partial charge in [0.1, 0.15) is 12.3 Å². The van der Waals surface area contributed by atoms with Crippen molar-refractivity contribution in [3.05, 3.63) is 40.1 Å². The van der Waals surface area contributed by atoms with Gasteiger partial charge in [-0.3, -0.25) is 0 Å². The van der Waals surface area contributed by atoms with Crippen molar-refractivity contribution in [3.63, 3.8) is 0 Å². The zero-order valence-corrected chi connectivity index (χ0v) is 18.8. The quantitative estimate of drug-likeness (QED) is 0.313. The molecule has 1 unspecified atom stereocenters. The minimum atomic E-state index is -0.633. The number of hydrogen-bond donors (Lipinski definition) is 0. The van der Waals surface area contributed by atoms with Crippen LogP contribution in [0.3, 0.4) is 0 Å². The Morgan fingerprint density at radius 3 is 2.48 bits per heavy atom. The fourth-order valence-electron chi connectivity index (χ4n) is 3.06. The van der Waals surface area contributed by atoms with Gasteiger partial charge in [0.05, 0.1) is 17.2 Å². The molecular weight excluding hydrogens is 415 g/mol. The Hall–Kier alpha value is -1.63. The summed E-state index contributed by atoms with van der Waals surface area (Å²) in [5, 5.41) is 0.511. The third-order valence-corrected chi connectivity index (χ3v) is 5.30. The molecule has 0 fully saturated rings. The molecule has 1 atom stereocenters. The van der Waals surface area contributed by atoms with Crippen LogP contribution in [0, 0.1) is 0 Å². The molecule has 0 aromatic heterocycles. The van der Waals surface area contributed by atoms with E-state index in [1.165, 1.54) is 39.2 Å². The molecule has 0 spiro atoms.